The predicted octanol–water partition coefficient (Wildman–Crippen LogP) is 2.10. The average Bonchev–Trinajstić information content (AvgIpc) is 2.16. The standard InChI is InChI=1S/C10H12FNO2/c1-2-9(10(13)14)12-8-5-3-7(11)4-6-8/h3-6,9,12H,2H2,1H3,(H,13,14)/t9-/m0/s1. The van der Waals surface area contributed by atoms with Gasteiger partial charge in [0.2, 0.25) is 0 Å². The molecule has 0 saturated heterocycles. The molecule has 3 nitrogen and oxygen atoms in total. The Morgan fingerprint density at radius 2 is 2.07 bits per heavy atom. The Hall–Kier alpha value is -1.58. The second kappa shape index (κ2) is 4.60. The van der Waals surface area contributed by atoms with E-state index in [9.17, 15) is 9.18 Å². The third kappa shape index (κ3) is 2.73. The van der Waals surface area contributed by atoms with Gasteiger partial charge in [0, 0.05) is 5.69 Å². The maximum Gasteiger partial charge on any atom is 0.326 e. The summed E-state index contributed by atoms with van der Waals surface area (Å²) in [6.07, 6.45) is 0.479. The summed E-state index contributed by atoms with van der Waals surface area (Å²) in [5.41, 5.74) is 0.612. The van der Waals surface area contributed by atoms with E-state index in [1.165, 1.54) is 24.3 Å². The zero-order valence-corrected chi connectivity index (χ0v) is 7.83. The number of rotatable bonds is 4. The molecule has 0 spiro atoms. The molecule has 1 rings (SSSR count). The van der Waals surface area contributed by atoms with Crippen molar-refractivity contribution in [2.75, 3.05) is 5.32 Å². The fraction of sp³-hybridized carbons (Fsp3) is 0.300. The quantitative estimate of drug-likeness (QED) is 0.777. The van der Waals surface area contributed by atoms with E-state index >= 15 is 0 Å². The zero-order valence-electron chi connectivity index (χ0n) is 7.83. The molecule has 0 aliphatic carbocycles. The van der Waals surface area contributed by atoms with E-state index in [4.69, 9.17) is 5.11 Å². The summed E-state index contributed by atoms with van der Waals surface area (Å²) in [7, 11) is 0. The van der Waals surface area contributed by atoms with E-state index in [0.717, 1.165) is 0 Å². The highest BCUT2D eigenvalue weighted by Crippen LogP contribution is 2.10. The van der Waals surface area contributed by atoms with Gasteiger partial charge in [-0.2, -0.15) is 0 Å². The smallest absolute Gasteiger partial charge is 0.326 e. The van der Waals surface area contributed by atoms with E-state index < -0.39 is 12.0 Å². The zero-order chi connectivity index (χ0) is 10.6. The van der Waals surface area contributed by atoms with Gasteiger partial charge in [-0.25, -0.2) is 9.18 Å². The Labute approximate surface area is 81.6 Å². The van der Waals surface area contributed by atoms with E-state index in [0.29, 0.717) is 12.1 Å². The summed E-state index contributed by atoms with van der Waals surface area (Å²) in [5.74, 6) is -1.24. The second-order valence-electron chi connectivity index (χ2n) is 2.95. The SMILES string of the molecule is CC[C@H](Nc1ccc(F)cc1)C(=O)O. The number of carboxylic acid groups (broad SMARTS) is 1. The summed E-state index contributed by atoms with van der Waals surface area (Å²) in [6, 6.07) is 4.98. The summed E-state index contributed by atoms with van der Waals surface area (Å²) in [5, 5.41) is 11.5. The van der Waals surface area contributed by atoms with E-state index in [2.05, 4.69) is 5.32 Å². The Morgan fingerprint density at radius 1 is 1.50 bits per heavy atom. The number of hydrogen-bond donors (Lipinski definition) is 2. The number of hydrogen-bond acceptors (Lipinski definition) is 2. The third-order valence-corrected chi connectivity index (χ3v) is 1.89. The number of benzene rings is 1. The minimum atomic E-state index is -0.906. The van der Waals surface area contributed by atoms with Gasteiger partial charge in [-0.05, 0) is 30.7 Å². The van der Waals surface area contributed by atoms with Crippen molar-refractivity contribution in [2.24, 2.45) is 0 Å². The van der Waals surface area contributed by atoms with Crippen LogP contribution < -0.4 is 5.32 Å². The molecule has 0 unspecified atom stereocenters. The van der Waals surface area contributed by atoms with Gasteiger partial charge in [-0.15, -0.1) is 0 Å². The number of aliphatic carboxylic acids is 1. The molecule has 0 fully saturated rings. The first-order valence-electron chi connectivity index (χ1n) is 4.38. The van der Waals surface area contributed by atoms with Crippen LogP contribution in [0.5, 0.6) is 0 Å². The number of carboxylic acids is 1. The van der Waals surface area contributed by atoms with Gasteiger partial charge in [-0.3, -0.25) is 0 Å². The molecule has 14 heavy (non-hydrogen) atoms. The van der Waals surface area contributed by atoms with Crippen molar-refractivity contribution in [1.29, 1.82) is 0 Å². The molecule has 1 atom stereocenters. The molecule has 1 aromatic carbocycles. The molecule has 2 N–H and O–H groups in total. The third-order valence-electron chi connectivity index (χ3n) is 1.89. The fourth-order valence-electron chi connectivity index (χ4n) is 1.09. The van der Waals surface area contributed by atoms with Crippen LogP contribution >= 0.6 is 0 Å². The van der Waals surface area contributed by atoms with Crippen molar-refractivity contribution in [3.63, 3.8) is 0 Å². The largest absolute Gasteiger partial charge is 0.480 e. The molecule has 0 aliphatic rings. The molecular formula is C10H12FNO2. The van der Waals surface area contributed by atoms with Crippen molar-refractivity contribution >= 4 is 11.7 Å². The van der Waals surface area contributed by atoms with Gasteiger partial charge in [-0.1, -0.05) is 6.92 Å². The summed E-state index contributed by atoms with van der Waals surface area (Å²) in [4.78, 5) is 10.7. The average molecular weight is 197 g/mol. The van der Waals surface area contributed by atoms with Gasteiger partial charge >= 0.3 is 5.97 Å². The van der Waals surface area contributed by atoms with Gasteiger partial charge in [0.25, 0.3) is 0 Å². The number of carbonyl (C=O) groups is 1. The molecule has 0 aliphatic heterocycles. The van der Waals surface area contributed by atoms with Gasteiger partial charge in [0.15, 0.2) is 0 Å². The van der Waals surface area contributed by atoms with Crippen LogP contribution in [0.25, 0.3) is 0 Å². The lowest BCUT2D eigenvalue weighted by atomic mass is 10.2. The lowest BCUT2D eigenvalue weighted by Crippen LogP contribution is -2.28. The Morgan fingerprint density at radius 3 is 2.50 bits per heavy atom. The van der Waals surface area contributed by atoms with Crippen molar-refractivity contribution in [3.05, 3.63) is 30.1 Å². The van der Waals surface area contributed by atoms with Crippen LogP contribution in [-0.2, 0) is 4.79 Å². The summed E-state index contributed by atoms with van der Waals surface area (Å²) >= 11 is 0. The van der Waals surface area contributed by atoms with Crippen molar-refractivity contribution in [1.82, 2.24) is 0 Å². The first kappa shape index (κ1) is 10.5. The van der Waals surface area contributed by atoms with Gasteiger partial charge < -0.3 is 10.4 Å². The highest BCUT2D eigenvalue weighted by molar-refractivity contribution is 5.77. The Kier molecular flexibility index (Phi) is 3.45. The Bertz CT molecular complexity index is 310. The molecule has 1 aromatic rings. The number of anilines is 1. The summed E-state index contributed by atoms with van der Waals surface area (Å²) < 4.78 is 12.5. The minimum absolute atomic E-state index is 0.334. The maximum absolute atomic E-state index is 12.5. The monoisotopic (exact) mass is 197 g/mol. The molecule has 0 bridgehead atoms. The van der Waals surface area contributed by atoms with Crippen LogP contribution in [0.15, 0.2) is 24.3 Å². The van der Waals surface area contributed by atoms with Crippen LogP contribution in [0.1, 0.15) is 13.3 Å². The maximum atomic E-state index is 12.5. The predicted molar refractivity (Wildman–Crippen MR) is 51.7 cm³/mol. The van der Waals surface area contributed by atoms with Gasteiger partial charge in [0.1, 0.15) is 11.9 Å². The van der Waals surface area contributed by atoms with E-state index in [-0.39, 0.29) is 5.82 Å². The minimum Gasteiger partial charge on any atom is -0.480 e. The van der Waals surface area contributed by atoms with Crippen LogP contribution in [0, 0.1) is 5.82 Å². The topological polar surface area (TPSA) is 49.3 Å². The van der Waals surface area contributed by atoms with E-state index in [1.807, 2.05) is 0 Å². The van der Waals surface area contributed by atoms with Crippen LogP contribution in [0.3, 0.4) is 0 Å². The number of halogens is 1. The van der Waals surface area contributed by atoms with Crippen LogP contribution in [0.4, 0.5) is 10.1 Å². The van der Waals surface area contributed by atoms with Crippen LogP contribution in [0.2, 0.25) is 0 Å². The first-order chi connectivity index (χ1) is 6.63. The van der Waals surface area contributed by atoms with Crippen molar-refractivity contribution < 1.29 is 14.3 Å². The second-order valence-corrected chi connectivity index (χ2v) is 2.95. The molecule has 0 radical (unpaired) electrons. The Balaban J connectivity index is 2.67. The van der Waals surface area contributed by atoms with Crippen LogP contribution in [-0.4, -0.2) is 17.1 Å². The molecule has 0 heterocycles. The highest BCUT2D eigenvalue weighted by Gasteiger charge is 2.13. The van der Waals surface area contributed by atoms with E-state index in [1.54, 1.807) is 6.92 Å². The lowest BCUT2D eigenvalue weighted by molar-refractivity contribution is -0.137. The first-order valence-corrected chi connectivity index (χ1v) is 4.38. The molecule has 0 saturated carbocycles. The lowest BCUT2D eigenvalue weighted by Gasteiger charge is -2.13. The van der Waals surface area contributed by atoms with Crippen molar-refractivity contribution in [2.45, 2.75) is 19.4 Å². The summed E-state index contributed by atoms with van der Waals surface area (Å²) in [6.45, 7) is 1.77. The molecular weight excluding hydrogens is 185 g/mol. The molecule has 76 valence electrons. The fourth-order valence-corrected chi connectivity index (χ4v) is 1.09. The normalized spacial score (nSPS) is 12.1. The van der Waals surface area contributed by atoms with Gasteiger partial charge in [0.05, 0.1) is 0 Å². The highest BCUT2D eigenvalue weighted by atomic mass is 19.1. The van der Waals surface area contributed by atoms with Crippen molar-refractivity contribution in [3.8, 4) is 0 Å². The molecule has 4 heteroatoms. The molecule has 0 aromatic heterocycles. The molecule has 0 amide bonds. The number of nitrogens with one attached hydrogen (secondary N) is 1.